The van der Waals surface area contributed by atoms with Crippen molar-refractivity contribution in [2.24, 2.45) is 0 Å². The standard InChI is InChI=1S/C15H14ClN3/c1-10(11-3-2-4-13(16)7-11)19-14-6-5-12(9-17)15(18)8-14/h2-8,10,19H,18H2,1H3. The van der Waals surface area contributed by atoms with Gasteiger partial charge in [-0.15, -0.1) is 0 Å². The summed E-state index contributed by atoms with van der Waals surface area (Å²) in [6, 6.07) is 15.2. The van der Waals surface area contributed by atoms with E-state index in [1.54, 1.807) is 12.1 Å². The number of rotatable bonds is 3. The minimum Gasteiger partial charge on any atom is -0.398 e. The van der Waals surface area contributed by atoms with Crippen LogP contribution in [0, 0.1) is 11.3 Å². The molecule has 3 N–H and O–H groups in total. The molecule has 19 heavy (non-hydrogen) atoms. The normalized spacial score (nSPS) is 11.6. The Hall–Kier alpha value is -2.18. The van der Waals surface area contributed by atoms with Crippen molar-refractivity contribution in [3.8, 4) is 6.07 Å². The number of nitrogens with zero attached hydrogens (tertiary/aromatic N) is 1. The maximum absolute atomic E-state index is 8.83. The summed E-state index contributed by atoms with van der Waals surface area (Å²) in [5.74, 6) is 0. The van der Waals surface area contributed by atoms with Gasteiger partial charge in [-0.05, 0) is 42.8 Å². The van der Waals surface area contributed by atoms with E-state index in [0.717, 1.165) is 11.3 Å². The average molecular weight is 272 g/mol. The third-order valence-corrected chi connectivity index (χ3v) is 3.14. The van der Waals surface area contributed by atoms with E-state index < -0.39 is 0 Å². The van der Waals surface area contributed by atoms with Crippen LogP contribution in [0.4, 0.5) is 11.4 Å². The molecule has 4 heteroatoms. The summed E-state index contributed by atoms with van der Waals surface area (Å²) in [5, 5.41) is 12.9. The molecule has 0 saturated heterocycles. The topological polar surface area (TPSA) is 61.8 Å². The van der Waals surface area contributed by atoms with Crippen LogP contribution in [-0.4, -0.2) is 0 Å². The number of halogens is 1. The Morgan fingerprint density at radius 3 is 2.68 bits per heavy atom. The fourth-order valence-corrected chi connectivity index (χ4v) is 2.06. The number of nitrogens with one attached hydrogen (secondary N) is 1. The summed E-state index contributed by atoms with van der Waals surface area (Å²) in [6.45, 7) is 2.04. The lowest BCUT2D eigenvalue weighted by Crippen LogP contribution is -2.07. The Labute approximate surface area is 117 Å². The maximum atomic E-state index is 8.83. The molecule has 0 bridgehead atoms. The number of anilines is 2. The van der Waals surface area contributed by atoms with Crippen molar-refractivity contribution in [3.63, 3.8) is 0 Å². The number of hydrogen-bond donors (Lipinski definition) is 2. The highest BCUT2D eigenvalue weighted by Crippen LogP contribution is 2.24. The SMILES string of the molecule is CC(Nc1ccc(C#N)c(N)c1)c1cccc(Cl)c1. The fraction of sp³-hybridized carbons (Fsp3) is 0.133. The zero-order valence-corrected chi connectivity index (χ0v) is 11.3. The molecule has 96 valence electrons. The lowest BCUT2D eigenvalue weighted by atomic mass is 10.1. The Morgan fingerprint density at radius 2 is 2.05 bits per heavy atom. The van der Waals surface area contributed by atoms with E-state index in [9.17, 15) is 0 Å². The van der Waals surface area contributed by atoms with Crippen molar-refractivity contribution >= 4 is 23.0 Å². The van der Waals surface area contributed by atoms with Crippen molar-refractivity contribution in [3.05, 3.63) is 58.6 Å². The average Bonchev–Trinajstić information content (AvgIpc) is 2.39. The molecule has 0 aromatic heterocycles. The van der Waals surface area contributed by atoms with Crippen LogP contribution in [0.3, 0.4) is 0 Å². The van der Waals surface area contributed by atoms with Crippen molar-refractivity contribution in [1.29, 1.82) is 5.26 Å². The quantitative estimate of drug-likeness (QED) is 0.831. The fourth-order valence-electron chi connectivity index (χ4n) is 1.86. The van der Waals surface area contributed by atoms with E-state index in [4.69, 9.17) is 22.6 Å². The van der Waals surface area contributed by atoms with Gasteiger partial charge in [-0.1, -0.05) is 23.7 Å². The lowest BCUT2D eigenvalue weighted by molar-refractivity contribution is 0.885. The Bertz CT molecular complexity index is 632. The van der Waals surface area contributed by atoms with E-state index in [1.807, 2.05) is 43.3 Å². The zero-order valence-electron chi connectivity index (χ0n) is 10.5. The summed E-state index contributed by atoms with van der Waals surface area (Å²) < 4.78 is 0. The Balaban J connectivity index is 2.17. The summed E-state index contributed by atoms with van der Waals surface area (Å²) in [4.78, 5) is 0. The molecular formula is C15H14ClN3. The molecule has 0 heterocycles. The smallest absolute Gasteiger partial charge is 0.101 e. The number of nitrogens with two attached hydrogens (primary N) is 1. The molecule has 3 nitrogen and oxygen atoms in total. The molecule has 0 aliphatic rings. The predicted octanol–water partition coefficient (Wildman–Crippen LogP) is 3.97. The van der Waals surface area contributed by atoms with Crippen molar-refractivity contribution < 1.29 is 0 Å². The maximum Gasteiger partial charge on any atom is 0.101 e. The third kappa shape index (κ3) is 3.18. The molecule has 2 rings (SSSR count). The molecule has 1 unspecified atom stereocenters. The predicted molar refractivity (Wildman–Crippen MR) is 79.1 cm³/mol. The second-order valence-electron chi connectivity index (χ2n) is 4.33. The van der Waals surface area contributed by atoms with Crippen LogP contribution >= 0.6 is 11.6 Å². The first-order valence-corrected chi connectivity index (χ1v) is 6.29. The van der Waals surface area contributed by atoms with Gasteiger partial charge in [0.15, 0.2) is 0 Å². The molecule has 0 fully saturated rings. The van der Waals surface area contributed by atoms with Gasteiger partial charge >= 0.3 is 0 Å². The van der Waals surface area contributed by atoms with Gasteiger partial charge in [0.05, 0.1) is 11.3 Å². The molecule has 0 amide bonds. The van der Waals surface area contributed by atoms with Crippen LogP contribution in [0.5, 0.6) is 0 Å². The first kappa shape index (κ1) is 13.3. The van der Waals surface area contributed by atoms with Crippen LogP contribution in [0.25, 0.3) is 0 Å². The van der Waals surface area contributed by atoms with Crippen LogP contribution in [0.15, 0.2) is 42.5 Å². The van der Waals surface area contributed by atoms with Crippen LogP contribution < -0.4 is 11.1 Å². The van der Waals surface area contributed by atoms with Crippen LogP contribution in [-0.2, 0) is 0 Å². The number of nitrogen functional groups attached to an aromatic ring is 1. The van der Waals surface area contributed by atoms with Gasteiger partial charge in [-0.2, -0.15) is 5.26 Å². The summed E-state index contributed by atoms with van der Waals surface area (Å²) in [6.07, 6.45) is 0. The molecule has 0 saturated carbocycles. The number of nitriles is 1. The highest BCUT2D eigenvalue weighted by Gasteiger charge is 2.07. The minimum atomic E-state index is 0.103. The summed E-state index contributed by atoms with van der Waals surface area (Å²) in [5.41, 5.74) is 8.72. The zero-order chi connectivity index (χ0) is 13.8. The van der Waals surface area contributed by atoms with E-state index in [0.29, 0.717) is 16.3 Å². The van der Waals surface area contributed by atoms with Gasteiger partial charge in [0.2, 0.25) is 0 Å². The first-order valence-electron chi connectivity index (χ1n) is 5.92. The largest absolute Gasteiger partial charge is 0.398 e. The second-order valence-corrected chi connectivity index (χ2v) is 4.77. The van der Waals surface area contributed by atoms with E-state index in [2.05, 4.69) is 5.32 Å². The van der Waals surface area contributed by atoms with Crippen LogP contribution in [0.1, 0.15) is 24.1 Å². The molecule has 0 spiro atoms. The first-order chi connectivity index (χ1) is 9.10. The number of hydrogen-bond acceptors (Lipinski definition) is 3. The number of benzene rings is 2. The van der Waals surface area contributed by atoms with Crippen molar-refractivity contribution in [2.45, 2.75) is 13.0 Å². The lowest BCUT2D eigenvalue weighted by Gasteiger charge is -2.16. The van der Waals surface area contributed by atoms with Gasteiger partial charge in [-0.3, -0.25) is 0 Å². The Morgan fingerprint density at radius 1 is 1.26 bits per heavy atom. The van der Waals surface area contributed by atoms with Crippen LogP contribution in [0.2, 0.25) is 5.02 Å². The molecule has 0 radical (unpaired) electrons. The molecule has 2 aromatic carbocycles. The van der Waals surface area contributed by atoms with E-state index in [-0.39, 0.29) is 6.04 Å². The Kier molecular flexibility index (Phi) is 3.94. The molecule has 2 aromatic rings. The van der Waals surface area contributed by atoms with Gasteiger partial charge in [0.1, 0.15) is 6.07 Å². The molecule has 0 aliphatic carbocycles. The third-order valence-electron chi connectivity index (χ3n) is 2.90. The molecular weight excluding hydrogens is 258 g/mol. The molecule has 0 aliphatic heterocycles. The highest BCUT2D eigenvalue weighted by molar-refractivity contribution is 6.30. The van der Waals surface area contributed by atoms with E-state index in [1.165, 1.54) is 0 Å². The van der Waals surface area contributed by atoms with Gasteiger partial charge in [-0.25, -0.2) is 0 Å². The molecule has 1 atom stereocenters. The van der Waals surface area contributed by atoms with Gasteiger partial charge < -0.3 is 11.1 Å². The van der Waals surface area contributed by atoms with Crippen molar-refractivity contribution in [1.82, 2.24) is 0 Å². The summed E-state index contributed by atoms with van der Waals surface area (Å²) in [7, 11) is 0. The van der Waals surface area contributed by atoms with E-state index >= 15 is 0 Å². The van der Waals surface area contributed by atoms with Gasteiger partial charge in [0.25, 0.3) is 0 Å². The summed E-state index contributed by atoms with van der Waals surface area (Å²) >= 11 is 5.97. The minimum absolute atomic E-state index is 0.103. The monoisotopic (exact) mass is 271 g/mol. The van der Waals surface area contributed by atoms with Gasteiger partial charge in [0, 0.05) is 16.8 Å². The van der Waals surface area contributed by atoms with Crippen molar-refractivity contribution in [2.75, 3.05) is 11.1 Å². The second kappa shape index (κ2) is 5.64. The highest BCUT2D eigenvalue weighted by atomic mass is 35.5.